The molecule has 4 rings (SSSR count). The Morgan fingerprint density at radius 2 is 1.41 bits per heavy atom. The van der Waals surface area contributed by atoms with Crippen LogP contribution in [-0.4, -0.2) is 6.04 Å². The van der Waals surface area contributed by atoms with Crippen molar-refractivity contribution in [1.82, 2.24) is 0 Å². The first-order valence-electron chi connectivity index (χ1n) is 7.68. The third-order valence-electron chi connectivity index (χ3n) is 5.64. The van der Waals surface area contributed by atoms with E-state index in [9.17, 15) is 0 Å². The van der Waals surface area contributed by atoms with E-state index in [1.54, 1.807) is 6.42 Å². The van der Waals surface area contributed by atoms with E-state index in [2.05, 4.69) is 20.8 Å². The van der Waals surface area contributed by atoms with Crippen LogP contribution < -0.4 is 5.73 Å². The molecule has 2 N–H and O–H groups in total. The number of rotatable bonds is 2. The minimum Gasteiger partial charge on any atom is -0.327 e. The van der Waals surface area contributed by atoms with Gasteiger partial charge >= 0.3 is 0 Å². The second-order valence-electron chi connectivity index (χ2n) is 8.44. The molecule has 1 nitrogen and oxygen atoms in total. The summed E-state index contributed by atoms with van der Waals surface area (Å²) in [6.07, 6.45) is 8.80. The molecule has 4 bridgehead atoms. The molecule has 1 unspecified atom stereocenters. The van der Waals surface area contributed by atoms with Gasteiger partial charge in [0.1, 0.15) is 0 Å². The van der Waals surface area contributed by atoms with Crippen molar-refractivity contribution in [3.63, 3.8) is 0 Å². The van der Waals surface area contributed by atoms with E-state index < -0.39 is 0 Å². The summed E-state index contributed by atoms with van der Waals surface area (Å²) in [6.45, 7) is 7.01. The average Bonchev–Trinajstić information content (AvgIpc) is 2.11. The van der Waals surface area contributed by atoms with Gasteiger partial charge in [0.25, 0.3) is 0 Å². The highest BCUT2D eigenvalue weighted by atomic mass is 14.7. The Labute approximate surface area is 107 Å². The van der Waals surface area contributed by atoms with Crippen molar-refractivity contribution in [3.8, 4) is 0 Å². The van der Waals surface area contributed by atoms with Crippen LogP contribution in [0.15, 0.2) is 0 Å². The highest BCUT2D eigenvalue weighted by Gasteiger charge is 2.50. The zero-order chi connectivity index (χ0) is 12.2. The summed E-state index contributed by atoms with van der Waals surface area (Å²) < 4.78 is 0. The van der Waals surface area contributed by atoms with Crippen LogP contribution in [0.1, 0.15) is 59.3 Å². The maximum absolute atomic E-state index is 6.59. The van der Waals surface area contributed by atoms with Crippen molar-refractivity contribution in [1.29, 1.82) is 0 Å². The average molecular weight is 235 g/mol. The van der Waals surface area contributed by atoms with Gasteiger partial charge in [0.15, 0.2) is 0 Å². The molecule has 0 radical (unpaired) electrons. The van der Waals surface area contributed by atoms with E-state index in [-0.39, 0.29) is 0 Å². The quantitative estimate of drug-likeness (QED) is 0.773. The zero-order valence-corrected chi connectivity index (χ0v) is 11.8. The van der Waals surface area contributed by atoms with E-state index in [1.165, 1.54) is 32.1 Å². The predicted molar refractivity (Wildman–Crippen MR) is 72.6 cm³/mol. The summed E-state index contributed by atoms with van der Waals surface area (Å²) in [5.74, 6) is 5.00. The SMILES string of the molecule is CC(C)(C)CC(N)C1C2CC3CC(C2)CC1C3. The van der Waals surface area contributed by atoms with Gasteiger partial charge in [-0.15, -0.1) is 0 Å². The summed E-state index contributed by atoms with van der Waals surface area (Å²) >= 11 is 0. The van der Waals surface area contributed by atoms with Crippen LogP contribution in [-0.2, 0) is 0 Å². The van der Waals surface area contributed by atoms with Gasteiger partial charge < -0.3 is 5.73 Å². The molecule has 1 heteroatoms. The fraction of sp³-hybridized carbons (Fsp3) is 1.00. The lowest BCUT2D eigenvalue weighted by atomic mass is 9.50. The van der Waals surface area contributed by atoms with E-state index in [0.717, 1.165) is 29.6 Å². The van der Waals surface area contributed by atoms with Gasteiger partial charge in [0, 0.05) is 6.04 Å². The maximum Gasteiger partial charge on any atom is 0.00774 e. The topological polar surface area (TPSA) is 26.0 Å². The summed E-state index contributed by atoms with van der Waals surface area (Å²) in [5.41, 5.74) is 6.98. The number of hydrogen-bond acceptors (Lipinski definition) is 1. The van der Waals surface area contributed by atoms with Crippen LogP contribution in [0.4, 0.5) is 0 Å². The van der Waals surface area contributed by atoms with Crippen molar-refractivity contribution in [2.75, 3.05) is 0 Å². The van der Waals surface area contributed by atoms with Gasteiger partial charge in [-0.3, -0.25) is 0 Å². The fourth-order valence-corrected chi connectivity index (χ4v) is 5.51. The van der Waals surface area contributed by atoms with Crippen molar-refractivity contribution in [2.24, 2.45) is 40.7 Å². The van der Waals surface area contributed by atoms with Crippen molar-refractivity contribution >= 4 is 0 Å². The fourth-order valence-electron chi connectivity index (χ4n) is 5.51. The minimum absolute atomic E-state index is 0.397. The molecule has 0 heterocycles. The van der Waals surface area contributed by atoms with Crippen LogP contribution in [0, 0.1) is 35.0 Å². The molecule has 0 spiro atoms. The molecule has 4 aliphatic carbocycles. The van der Waals surface area contributed by atoms with Crippen LogP contribution in [0.3, 0.4) is 0 Å². The van der Waals surface area contributed by atoms with Crippen molar-refractivity contribution < 1.29 is 0 Å². The van der Waals surface area contributed by atoms with Gasteiger partial charge in [-0.05, 0) is 73.5 Å². The molecule has 0 amide bonds. The monoisotopic (exact) mass is 235 g/mol. The highest BCUT2D eigenvalue weighted by molar-refractivity contribution is 5.01. The van der Waals surface area contributed by atoms with E-state index in [1.807, 2.05) is 0 Å². The molecule has 4 aliphatic rings. The molecular weight excluding hydrogens is 206 g/mol. The molecule has 0 aromatic heterocycles. The van der Waals surface area contributed by atoms with Crippen LogP contribution in [0.5, 0.6) is 0 Å². The second-order valence-corrected chi connectivity index (χ2v) is 8.44. The van der Waals surface area contributed by atoms with Crippen LogP contribution >= 0.6 is 0 Å². The van der Waals surface area contributed by atoms with E-state index >= 15 is 0 Å². The molecular formula is C16H29N. The van der Waals surface area contributed by atoms with Gasteiger partial charge in [0.2, 0.25) is 0 Å². The third-order valence-corrected chi connectivity index (χ3v) is 5.64. The highest BCUT2D eigenvalue weighted by Crippen LogP contribution is 2.57. The Bertz CT molecular complexity index is 260. The lowest BCUT2D eigenvalue weighted by Crippen LogP contribution is -2.52. The lowest BCUT2D eigenvalue weighted by molar-refractivity contribution is -0.0509. The number of nitrogens with two attached hydrogens (primary N) is 1. The summed E-state index contributed by atoms with van der Waals surface area (Å²) in [4.78, 5) is 0. The first-order chi connectivity index (χ1) is 7.92. The molecule has 0 aromatic carbocycles. The largest absolute Gasteiger partial charge is 0.327 e. The van der Waals surface area contributed by atoms with E-state index in [0.29, 0.717) is 11.5 Å². The molecule has 17 heavy (non-hydrogen) atoms. The first kappa shape index (κ1) is 12.0. The van der Waals surface area contributed by atoms with E-state index in [4.69, 9.17) is 5.73 Å². The normalized spacial score (nSPS) is 46.2. The molecule has 1 atom stereocenters. The molecule has 0 saturated heterocycles. The zero-order valence-electron chi connectivity index (χ0n) is 11.8. The minimum atomic E-state index is 0.397. The molecule has 98 valence electrons. The molecule has 0 aromatic rings. The second kappa shape index (κ2) is 3.98. The Balaban J connectivity index is 1.71. The molecule has 0 aliphatic heterocycles. The van der Waals surface area contributed by atoms with Crippen molar-refractivity contribution in [2.45, 2.75) is 65.3 Å². The Morgan fingerprint density at radius 3 is 1.82 bits per heavy atom. The van der Waals surface area contributed by atoms with Gasteiger partial charge in [-0.25, -0.2) is 0 Å². The Morgan fingerprint density at radius 1 is 0.941 bits per heavy atom. The number of hydrogen-bond donors (Lipinski definition) is 1. The van der Waals surface area contributed by atoms with Crippen LogP contribution in [0.2, 0.25) is 0 Å². The van der Waals surface area contributed by atoms with Crippen molar-refractivity contribution in [3.05, 3.63) is 0 Å². The lowest BCUT2D eigenvalue weighted by Gasteiger charge is -2.56. The van der Waals surface area contributed by atoms with Crippen LogP contribution in [0.25, 0.3) is 0 Å². The summed E-state index contributed by atoms with van der Waals surface area (Å²) in [7, 11) is 0. The van der Waals surface area contributed by atoms with Gasteiger partial charge in [-0.1, -0.05) is 20.8 Å². The van der Waals surface area contributed by atoms with Gasteiger partial charge in [0.05, 0.1) is 0 Å². The summed E-state index contributed by atoms with van der Waals surface area (Å²) in [5, 5.41) is 0. The predicted octanol–water partition coefficient (Wildman–Crippen LogP) is 3.82. The van der Waals surface area contributed by atoms with Gasteiger partial charge in [-0.2, -0.15) is 0 Å². The summed E-state index contributed by atoms with van der Waals surface area (Å²) in [6, 6.07) is 0.463. The third kappa shape index (κ3) is 2.28. The molecule has 4 fully saturated rings. The Hall–Kier alpha value is -0.0400. The maximum atomic E-state index is 6.59. The first-order valence-corrected chi connectivity index (χ1v) is 7.68. The standard InChI is InChI=1S/C16H29N/c1-16(2,3)9-14(17)15-12-5-10-4-11(7-12)8-13(15)6-10/h10-15H,4-9,17H2,1-3H3. The smallest absolute Gasteiger partial charge is 0.00774 e. The Kier molecular flexibility index (Phi) is 2.81. The molecule has 4 saturated carbocycles.